The van der Waals surface area contributed by atoms with E-state index in [4.69, 9.17) is 9.15 Å². The molecule has 7 nitrogen and oxygen atoms in total. The fraction of sp³-hybridized carbons (Fsp3) is 0.476. The summed E-state index contributed by atoms with van der Waals surface area (Å²) in [4.78, 5) is 18.4. The maximum Gasteiger partial charge on any atom is 0.228 e. The van der Waals surface area contributed by atoms with Crippen LogP contribution in [-0.4, -0.2) is 59.2 Å². The molecule has 1 saturated heterocycles. The predicted molar refractivity (Wildman–Crippen MR) is 109 cm³/mol. The second kappa shape index (κ2) is 8.56. The molecule has 7 heteroatoms. The van der Waals surface area contributed by atoms with Crippen molar-refractivity contribution in [1.29, 1.82) is 0 Å². The number of para-hydroxylation sites is 2. The maximum absolute atomic E-state index is 5.81. The molecular formula is C21H27N5O2. The van der Waals surface area contributed by atoms with Gasteiger partial charge in [-0.25, -0.2) is 9.97 Å². The topological polar surface area (TPSA) is 67.5 Å². The van der Waals surface area contributed by atoms with Crippen LogP contribution in [0.3, 0.4) is 0 Å². The van der Waals surface area contributed by atoms with Gasteiger partial charge in [0.05, 0.1) is 6.61 Å². The van der Waals surface area contributed by atoms with Crippen LogP contribution in [0.1, 0.15) is 24.9 Å². The highest BCUT2D eigenvalue weighted by Crippen LogP contribution is 2.18. The maximum atomic E-state index is 5.81. The molecule has 0 aliphatic carbocycles. The zero-order chi connectivity index (χ0) is 19.3. The van der Waals surface area contributed by atoms with Crippen LogP contribution in [-0.2, 0) is 6.42 Å². The number of fused-ring (bicyclic) bond motifs is 1. The molecule has 0 N–H and O–H groups in total. The van der Waals surface area contributed by atoms with Crippen LogP contribution in [0, 0.1) is 6.92 Å². The van der Waals surface area contributed by atoms with Crippen molar-refractivity contribution in [2.24, 2.45) is 0 Å². The summed E-state index contributed by atoms with van der Waals surface area (Å²) >= 11 is 0. The first-order valence-corrected chi connectivity index (χ1v) is 10.0. The van der Waals surface area contributed by atoms with Gasteiger partial charge >= 0.3 is 0 Å². The summed E-state index contributed by atoms with van der Waals surface area (Å²) < 4.78 is 11.4. The highest BCUT2D eigenvalue weighted by Gasteiger charge is 2.20. The largest absolute Gasteiger partial charge is 0.478 e. The van der Waals surface area contributed by atoms with Crippen LogP contribution in [0.4, 0.5) is 5.95 Å². The molecule has 2 aromatic heterocycles. The molecule has 4 rings (SSSR count). The minimum atomic E-state index is 0.615. The summed E-state index contributed by atoms with van der Waals surface area (Å²) in [6.07, 6.45) is 1.91. The van der Waals surface area contributed by atoms with Gasteiger partial charge in [-0.3, -0.25) is 4.90 Å². The third-order valence-electron chi connectivity index (χ3n) is 4.97. The zero-order valence-electron chi connectivity index (χ0n) is 16.6. The molecule has 1 aromatic carbocycles. The lowest BCUT2D eigenvalue weighted by atomic mass is 10.2. The molecule has 0 unspecified atom stereocenters. The summed E-state index contributed by atoms with van der Waals surface area (Å²) in [5, 5.41) is 0. The number of ether oxygens (including phenoxy) is 1. The quantitative estimate of drug-likeness (QED) is 0.623. The van der Waals surface area contributed by atoms with E-state index in [1.807, 2.05) is 44.2 Å². The Balaban J connectivity index is 1.26. The second-order valence-electron chi connectivity index (χ2n) is 7.09. The molecule has 3 aromatic rings. The number of hydrogen-bond acceptors (Lipinski definition) is 7. The molecule has 148 valence electrons. The van der Waals surface area contributed by atoms with Gasteiger partial charge in [0.2, 0.25) is 11.8 Å². The number of aromatic nitrogens is 3. The van der Waals surface area contributed by atoms with E-state index in [0.29, 0.717) is 12.5 Å². The Morgan fingerprint density at radius 1 is 1.07 bits per heavy atom. The summed E-state index contributed by atoms with van der Waals surface area (Å²) in [7, 11) is 0. The van der Waals surface area contributed by atoms with Crippen molar-refractivity contribution in [3.63, 3.8) is 0 Å². The number of piperazine rings is 1. The van der Waals surface area contributed by atoms with E-state index >= 15 is 0 Å². The number of hydrogen-bond donors (Lipinski definition) is 0. The van der Waals surface area contributed by atoms with Crippen LogP contribution in [0.5, 0.6) is 5.88 Å². The third-order valence-corrected chi connectivity index (χ3v) is 4.97. The van der Waals surface area contributed by atoms with E-state index < -0.39 is 0 Å². The number of rotatable bonds is 7. The molecule has 1 fully saturated rings. The van der Waals surface area contributed by atoms with Crippen molar-refractivity contribution in [1.82, 2.24) is 19.9 Å². The van der Waals surface area contributed by atoms with Crippen LogP contribution in [0.25, 0.3) is 11.1 Å². The van der Waals surface area contributed by atoms with Crippen LogP contribution >= 0.6 is 0 Å². The number of anilines is 1. The number of aryl methyl sites for hydroxylation is 2. The molecule has 0 atom stereocenters. The summed E-state index contributed by atoms with van der Waals surface area (Å²) in [6, 6.07) is 9.81. The van der Waals surface area contributed by atoms with Gasteiger partial charge in [-0.1, -0.05) is 12.1 Å². The molecule has 3 heterocycles. The van der Waals surface area contributed by atoms with E-state index in [1.165, 1.54) is 0 Å². The van der Waals surface area contributed by atoms with E-state index in [9.17, 15) is 0 Å². The van der Waals surface area contributed by atoms with Gasteiger partial charge in [0.1, 0.15) is 5.52 Å². The van der Waals surface area contributed by atoms with Gasteiger partial charge in [-0.05, 0) is 38.9 Å². The lowest BCUT2D eigenvalue weighted by molar-refractivity contribution is 0.251. The minimum Gasteiger partial charge on any atom is -0.478 e. The average Bonchev–Trinajstić information content (AvgIpc) is 3.11. The molecule has 0 amide bonds. The summed E-state index contributed by atoms with van der Waals surface area (Å²) in [5.41, 5.74) is 2.75. The molecule has 28 heavy (non-hydrogen) atoms. The summed E-state index contributed by atoms with van der Waals surface area (Å²) in [5.74, 6) is 2.26. The Kier molecular flexibility index (Phi) is 5.71. The molecule has 0 radical (unpaired) electrons. The Hall–Kier alpha value is -2.67. The van der Waals surface area contributed by atoms with Crippen molar-refractivity contribution in [3.8, 4) is 5.88 Å². The monoisotopic (exact) mass is 381 g/mol. The van der Waals surface area contributed by atoms with Gasteiger partial charge in [-0.2, -0.15) is 4.98 Å². The van der Waals surface area contributed by atoms with Crippen molar-refractivity contribution in [2.45, 2.75) is 26.7 Å². The van der Waals surface area contributed by atoms with E-state index in [2.05, 4.69) is 24.8 Å². The van der Waals surface area contributed by atoms with Crippen molar-refractivity contribution in [3.05, 3.63) is 41.9 Å². The fourth-order valence-corrected chi connectivity index (χ4v) is 3.54. The Morgan fingerprint density at radius 3 is 2.68 bits per heavy atom. The lowest BCUT2D eigenvalue weighted by Gasteiger charge is -2.34. The molecule has 0 spiro atoms. The van der Waals surface area contributed by atoms with Gasteiger partial charge in [0.15, 0.2) is 11.5 Å². The van der Waals surface area contributed by atoms with Gasteiger partial charge in [-0.15, -0.1) is 0 Å². The Labute approximate surface area is 165 Å². The first-order chi connectivity index (χ1) is 13.7. The Morgan fingerprint density at radius 2 is 1.89 bits per heavy atom. The fourth-order valence-electron chi connectivity index (χ4n) is 3.54. The smallest absolute Gasteiger partial charge is 0.228 e. The number of nitrogens with zero attached hydrogens (tertiary/aromatic N) is 5. The van der Waals surface area contributed by atoms with E-state index in [0.717, 1.165) is 74.2 Å². The highest BCUT2D eigenvalue weighted by atomic mass is 16.5. The van der Waals surface area contributed by atoms with Gasteiger partial charge in [0, 0.05) is 44.4 Å². The van der Waals surface area contributed by atoms with Crippen molar-refractivity contribution < 1.29 is 9.15 Å². The predicted octanol–water partition coefficient (Wildman–Crippen LogP) is 3.08. The standard InChI is InChI=1S/C21H27N5O2/c1-3-27-20-15-16(2)22-21(24-20)26-13-11-25(12-14-26)10-6-9-19-23-17-7-4-5-8-18(17)28-19/h4-5,7-8,15H,3,6,9-14H2,1-2H3. The minimum absolute atomic E-state index is 0.615. The van der Waals surface area contributed by atoms with Gasteiger partial charge < -0.3 is 14.1 Å². The Bertz CT molecular complexity index is 885. The number of oxazole rings is 1. The molecule has 0 saturated carbocycles. The van der Waals surface area contributed by atoms with E-state index in [-0.39, 0.29) is 0 Å². The normalized spacial score (nSPS) is 15.3. The molecule has 1 aliphatic rings. The van der Waals surface area contributed by atoms with Crippen LogP contribution in [0.15, 0.2) is 34.7 Å². The number of benzene rings is 1. The molecular weight excluding hydrogens is 354 g/mol. The first kappa shape index (κ1) is 18.7. The average molecular weight is 381 g/mol. The molecule has 0 bridgehead atoms. The SMILES string of the molecule is CCOc1cc(C)nc(N2CCN(CCCc3nc4ccccc4o3)CC2)n1. The van der Waals surface area contributed by atoms with Crippen LogP contribution < -0.4 is 9.64 Å². The molecule has 1 aliphatic heterocycles. The van der Waals surface area contributed by atoms with E-state index in [1.54, 1.807) is 0 Å². The third kappa shape index (κ3) is 4.42. The van der Waals surface area contributed by atoms with Crippen molar-refractivity contribution in [2.75, 3.05) is 44.2 Å². The van der Waals surface area contributed by atoms with Crippen molar-refractivity contribution >= 4 is 17.0 Å². The van der Waals surface area contributed by atoms with Gasteiger partial charge in [0.25, 0.3) is 0 Å². The summed E-state index contributed by atoms with van der Waals surface area (Å²) in [6.45, 7) is 9.49. The lowest BCUT2D eigenvalue weighted by Crippen LogP contribution is -2.47. The second-order valence-corrected chi connectivity index (χ2v) is 7.09. The highest BCUT2D eigenvalue weighted by molar-refractivity contribution is 5.72. The first-order valence-electron chi connectivity index (χ1n) is 10.0. The van der Waals surface area contributed by atoms with Crippen LogP contribution in [0.2, 0.25) is 0 Å². The zero-order valence-corrected chi connectivity index (χ0v) is 16.6.